The van der Waals surface area contributed by atoms with Crippen LogP contribution in [0.5, 0.6) is 0 Å². The lowest BCUT2D eigenvalue weighted by atomic mass is 10.2. The molecule has 26 heavy (non-hydrogen) atoms. The molecule has 0 fully saturated rings. The van der Waals surface area contributed by atoms with E-state index in [4.69, 9.17) is 16.7 Å². The molecule has 3 rings (SSSR count). The standard InChI is InChI=1S/C15H9ClFN3O4S2/c16-8-3-6(1-2-9(8)17)18-10(21)5-26-15-19-12(22)11-7(14(23)24)4-25-13(11)20-15/h1-4H,5H2,(H,18,21)(H,23,24)(H,19,20,22). The van der Waals surface area contributed by atoms with E-state index in [0.717, 1.165) is 29.2 Å². The van der Waals surface area contributed by atoms with Crippen molar-refractivity contribution in [2.45, 2.75) is 5.16 Å². The molecule has 0 unspecified atom stereocenters. The molecule has 3 N–H and O–H groups in total. The third-order valence-electron chi connectivity index (χ3n) is 3.20. The summed E-state index contributed by atoms with van der Waals surface area (Å²) in [6.07, 6.45) is 0. The number of aromatic carboxylic acids is 1. The number of thioether (sulfide) groups is 1. The number of fused-ring (bicyclic) bond motifs is 1. The number of nitrogens with one attached hydrogen (secondary N) is 2. The van der Waals surface area contributed by atoms with E-state index in [1.54, 1.807) is 0 Å². The van der Waals surface area contributed by atoms with Crippen molar-refractivity contribution in [1.82, 2.24) is 9.97 Å². The normalized spacial score (nSPS) is 10.8. The first-order valence-corrected chi connectivity index (χ1v) is 9.22. The van der Waals surface area contributed by atoms with Crippen LogP contribution in [-0.2, 0) is 4.79 Å². The van der Waals surface area contributed by atoms with Crippen LogP contribution in [0.25, 0.3) is 10.2 Å². The molecular formula is C15H9ClFN3O4S2. The quantitative estimate of drug-likeness (QED) is 0.437. The van der Waals surface area contributed by atoms with Crippen molar-refractivity contribution in [2.24, 2.45) is 0 Å². The summed E-state index contributed by atoms with van der Waals surface area (Å²) in [6, 6.07) is 3.79. The third-order valence-corrected chi connectivity index (χ3v) is 5.23. The zero-order valence-electron chi connectivity index (χ0n) is 12.7. The van der Waals surface area contributed by atoms with Crippen LogP contribution in [0.15, 0.2) is 33.5 Å². The van der Waals surface area contributed by atoms with Crippen LogP contribution in [-0.4, -0.2) is 32.7 Å². The van der Waals surface area contributed by atoms with E-state index >= 15 is 0 Å². The predicted octanol–water partition coefficient (Wildman–Crippen LogP) is 3.21. The maximum Gasteiger partial charge on any atom is 0.337 e. The zero-order chi connectivity index (χ0) is 18.8. The highest BCUT2D eigenvalue weighted by molar-refractivity contribution is 7.99. The number of carbonyl (C=O) groups is 2. The summed E-state index contributed by atoms with van der Waals surface area (Å²) >= 11 is 7.66. The van der Waals surface area contributed by atoms with Crippen LogP contribution >= 0.6 is 34.7 Å². The Hall–Kier alpha value is -2.43. The van der Waals surface area contributed by atoms with Crippen molar-refractivity contribution in [3.63, 3.8) is 0 Å². The van der Waals surface area contributed by atoms with E-state index in [-0.39, 0.29) is 31.7 Å². The lowest BCUT2D eigenvalue weighted by molar-refractivity contribution is -0.113. The topological polar surface area (TPSA) is 112 Å². The minimum atomic E-state index is -1.21. The molecular weight excluding hydrogens is 405 g/mol. The van der Waals surface area contributed by atoms with Gasteiger partial charge in [0, 0.05) is 11.1 Å². The van der Waals surface area contributed by atoms with Gasteiger partial charge in [-0.2, -0.15) is 0 Å². The lowest BCUT2D eigenvalue weighted by Crippen LogP contribution is -2.16. The van der Waals surface area contributed by atoms with Crippen LogP contribution in [0.3, 0.4) is 0 Å². The molecule has 0 bridgehead atoms. The number of carbonyl (C=O) groups excluding carboxylic acids is 1. The van der Waals surface area contributed by atoms with Gasteiger partial charge >= 0.3 is 5.97 Å². The van der Waals surface area contributed by atoms with Gasteiger partial charge in [-0.15, -0.1) is 11.3 Å². The minimum absolute atomic E-state index is 0.0113. The second-order valence-electron chi connectivity index (χ2n) is 4.97. The van der Waals surface area contributed by atoms with Crippen LogP contribution < -0.4 is 10.9 Å². The smallest absolute Gasteiger partial charge is 0.337 e. The average Bonchev–Trinajstić information content (AvgIpc) is 3.01. The number of thiophene rings is 1. The Bertz CT molecular complexity index is 1080. The number of carboxylic acid groups (broad SMARTS) is 1. The van der Waals surface area contributed by atoms with E-state index in [2.05, 4.69) is 15.3 Å². The first-order valence-electron chi connectivity index (χ1n) is 6.97. The Morgan fingerprint density at radius 1 is 1.42 bits per heavy atom. The molecule has 0 saturated carbocycles. The molecule has 3 aromatic rings. The summed E-state index contributed by atoms with van der Waals surface area (Å²) in [5.74, 6) is -2.27. The summed E-state index contributed by atoms with van der Waals surface area (Å²) < 4.78 is 13.1. The van der Waals surface area contributed by atoms with Gasteiger partial charge < -0.3 is 15.4 Å². The fourth-order valence-corrected chi connectivity index (χ4v) is 3.87. The van der Waals surface area contributed by atoms with Crippen molar-refractivity contribution in [2.75, 3.05) is 11.1 Å². The fourth-order valence-electron chi connectivity index (χ4n) is 2.06. The first kappa shape index (κ1) is 18.4. The van der Waals surface area contributed by atoms with Gasteiger partial charge in [0.2, 0.25) is 5.91 Å². The third kappa shape index (κ3) is 3.87. The van der Waals surface area contributed by atoms with Crippen LogP contribution in [0, 0.1) is 5.82 Å². The number of carboxylic acids is 1. The molecule has 0 radical (unpaired) electrons. The van der Waals surface area contributed by atoms with Gasteiger partial charge in [-0.05, 0) is 18.2 Å². The minimum Gasteiger partial charge on any atom is -0.478 e. The predicted molar refractivity (Wildman–Crippen MR) is 98.0 cm³/mol. The summed E-state index contributed by atoms with van der Waals surface area (Å²) in [5, 5.41) is 13.0. The largest absolute Gasteiger partial charge is 0.478 e. The molecule has 0 saturated heterocycles. The van der Waals surface area contributed by atoms with Crippen LogP contribution in [0.2, 0.25) is 5.02 Å². The number of H-pyrrole nitrogens is 1. The molecule has 0 aliphatic heterocycles. The van der Waals surface area contributed by atoms with Gasteiger partial charge in [0.1, 0.15) is 10.6 Å². The van der Waals surface area contributed by atoms with Crippen molar-refractivity contribution >= 4 is 62.5 Å². The summed E-state index contributed by atoms with van der Waals surface area (Å²) in [4.78, 5) is 42.0. The number of hydrogen-bond acceptors (Lipinski definition) is 6. The number of nitrogens with zero attached hydrogens (tertiary/aromatic N) is 1. The summed E-state index contributed by atoms with van der Waals surface area (Å²) in [5.41, 5.74) is -0.355. The maximum absolute atomic E-state index is 13.1. The molecule has 11 heteroatoms. The second kappa shape index (κ2) is 7.44. The van der Waals surface area contributed by atoms with Crippen molar-refractivity contribution in [3.05, 3.63) is 50.3 Å². The average molecular weight is 414 g/mol. The molecule has 0 aliphatic carbocycles. The van der Waals surface area contributed by atoms with Crippen molar-refractivity contribution in [3.8, 4) is 0 Å². The Kier molecular flexibility index (Phi) is 5.25. The molecule has 1 amide bonds. The second-order valence-corrected chi connectivity index (χ2v) is 7.20. The zero-order valence-corrected chi connectivity index (χ0v) is 15.1. The number of benzene rings is 1. The monoisotopic (exact) mass is 413 g/mol. The number of hydrogen-bond donors (Lipinski definition) is 3. The first-order chi connectivity index (χ1) is 12.3. The van der Waals surface area contributed by atoms with Crippen LogP contribution in [0.1, 0.15) is 10.4 Å². The molecule has 2 aromatic heterocycles. The maximum atomic E-state index is 13.1. The molecule has 0 spiro atoms. The number of rotatable bonds is 5. The van der Waals surface area contributed by atoms with Crippen LogP contribution in [0.4, 0.5) is 10.1 Å². The molecule has 0 atom stereocenters. The van der Waals surface area contributed by atoms with E-state index in [9.17, 15) is 18.8 Å². The van der Waals surface area contributed by atoms with Gasteiger partial charge in [0.05, 0.1) is 21.7 Å². The van der Waals surface area contributed by atoms with Gasteiger partial charge in [-0.3, -0.25) is 9.59 Å². The molecule has 2 heterocycles. The molecule has 0 aliphatic rings. The Labute approximate surface area is 158 Å². The van der Waals surface area contributed by atoms with Crippen molar-refractivity contribution < 1.29 is 19.1 Å². The highest BCUT2D eigenvalue weighted by atomic mass is 35.5. The van der Waals surface area contributed by atoms with Crippen molar-refractivity contribution in [1.29, 1.82) is 0 Å². The van der Waals surface area contributed by atoms with Gasteiger partial charge in [-0.25, -0.2) is 14.2 Å². The fraction of sp³-hybridized carbons (Fsp3) is 0.0667. The van der Waals surface area contributed by atoms with E-state index in [1.807, 2.05) is 0 Å². The summed E-state index contributed by atoms with van der Waals surface area (Å²) in [7, 11) is 0. The molecule has 7 nitrogen and oxygen atoms in total. The Morgan fingerprint density at radius 3 is 2.88 bits per heavy atom. The van der Waals surface area contributed by atoms with Gasteiger partial charge in [0.15, 0.2) is 5.16 Å². The number of amides is 1. The number of aromatic nitrogens is 2. The highest BCUT2D eigenvalue weighted by Crippen LogP contribution is 2.24. The lowest BCUT2D eigenvalue weighted by Gasteiger charge is -2.06. The number of anilines is 1. The van der Waals surface area contributed by atoms with E-state index < -0.39 is 23.3 Å². The van der Waals surface area contributed by atoms with Gasteiger partial charge in [0.25, 0.3) is 5.56 Å². The number of halogens is 2. The van der Waals surface area contributed by atoms with E-state index in [0.29, 0.717) is 5.69 Å². The van der Waals surface area contributed by atoms with Gasteiger partial charge in [-0.1, -0.05) is 23.4 Å². The van der Waals surface area contributed by atoms with E-state index in [1.165, 1.54) is 17.5 Å². The Balaban J connectivity index is 1.71. The Morgan fingerprint density at radius 2 is 2.19 bits per heavy atom. The molecule has 134 valence electrons. The highest BCUT2D eigenvalue weighted by Gasteiger charge is 2.16. The molecule has 1 aromatic carbocycles. The SMILES string of the molecule is O=C(CSc1nc2scc(C(=O)O)c2c(=O)[nH]1)Nc1ccc(F)c(Cl)c1. The number of aromatic amines is 1. The summed E-state index contributed by atoms with van der Waals surface area (Å²) in [6.45, 7) is 0.